The molecule has 0 radical (unpaired) electrons. The van der Waals surface area contributed by atoms with Crippen molar-refractivity contribution in [3.05, 3.63) is 28.1 Å². The lowest BCUT2D eigenvalue weighted by Gasteiger charge is -2.00. The predicted molar refractivity (Wildman–Crippen MR) is 70.7 cm³/mol. The molecule has 2 aromatic rings. The minimum atomic E-state index is -3.48. The third-order valence-electron chi connectivity index (χ3n) is 2.33. The van der Waals surface area contributed by atoms with Crippen molar-refractivity contribution in [2.75, 3.05) is 11.6 Å². The van der Waals surface area contributed by atoms with Gasteiger partial charge < -0.3 is 5.32 Å². The summed E-state index contributed by atoms with van der Waals surface area (Å²) < 4.78 is 22.8. The Morgan fingerprint density at radius 2 is 2.21 bits per heavy atom. The molecule has 2 rings (SSSR count). The lowest BCUT2D eigenvalue weighted by atomic mass is 10.4. The maximum absolute atomic E-state index is 11.4. The van der Waals surface area contributed by atoms with Gasteiger partial charge in [-0.1, -0.05) is 11.3 Å². The standard InChI is InChI=1S/C9H10N4O4S2/c1-5-6(4-10-12-5)11-9-7(13(14)15)3-8(18-9)19(2,16)17/h3-4,11H,1-2H3,(H,10,12). The zero-order valence-electron chi connectivity index (χ0n) is 10.00. The van der Waals surface area contributed by atoms with Crippen molar-refractivity contribution in [1.82, 2.24) is 10.2 Å². The summed E-state index contributed by atoms with van der Waals surface area (Å²) in [4.78, 5) is 10.3. The van der Waals surface area contributed by atoms with E-state index in [1.54, 1.807) is 6.92 Å². The van der Waals surface area contributed by atoms with Gasteiger partial charge in [-0.15, -0.1) is 0 Å². The minimum Gasteiger partial charge on any atom is -0.339 e. The van der Waals surface area contributed by atoms with Crippen LogP contribution in [0.5, 0.6) is 0 Å². The van der Waals surface area contributed by atoms with E-state index in [0.717, 1.165) is 23.7 Å². The fourth-order valence-corrected chi connectivity index (χ4v) is 3.32. The van der Waals surface area contributed by atoms with E-state index in [9.17, 15) is 18.5 Å². The van der Waals surface area contributed by atoms with E-state index >= 15 is 0 Å². The van der Waals surface area contributed by atoms with Crippen molar-refractivity contribution in [3.8, 4) is 0 Å². The first-order chi connectivity index (χ1) is 8.79. The van der Waals surface area contributed by atoms with Gasteiger partial charge in [-0.25, -0.2) is 8.42 Å². The smallest absolute Gasteiger partial charge is 0.305 e. The summed E-state index contributed by atoms with van der Waals surface area (Å²) in [7, 11) is -3.48. The molecule has 0 atom stereocenters. The zero-order valence-corrected chi connectivity index (χ0v) is 11.6. The molecule has 0 amide bonds. The van der Waals surface area contributed by atoms with Crippen LogP contribution in [0.25, 0.3) is 0 Å². The number of nitrogens with one attached hydrogen (secondary N) is 2. The molecule has 0 saturated carbocycles. The van der Waals surface area contributed by atoms with E-state index in [4.69, 9.17) is 0 Å². The van der Waals surface area contributed by atoms with E-state index in [1.165, 1.54) is 6.20 Å². The summed E-state index contributed by atoms with van der Waals surface area (Å²) in [6.45, 7) is 1.74. The van der Waals surface area contributed by atoms with E-state index in [1.807, 2.05) is 0 Å². The lowest BCUT2D eigenvalue weighted by molar-refractivity contribution is -0.383. The van der Waals surface area contributed by atoms with Crippen LogP contribution in [0.3, 0.4) is 0 Å². The average Bonchev–Trinajstić information content (AvgIpc) is 2.86. The SMILES string of the molecule is Cc1[nH]ncc1Nc1sc(S(C)(=O)=O)cc1[N+](=O)[O-]. The zero-order chi connectivity index (χ0) is 14.2. The maximum Gasteiger partial charge on any atom is 0.305 e. The van der Waals surface area contributed by atoms with Crippen LogP contribution in [0.4, 0.5) is 16.4 Å². The molecule has 102 valence electrons. The van der Waals surface area contributed by atoms with Gasteiger partial charge in [0.1, 0.15) is 4.21 Å². The Labute approximate surface area is 112 Å². The highest BCUT2D eigenvalue weighted by Gasteiger charge is 2.24. The van der Waals surface area contributed by atoms with Crippen LogP contribution >= 0.6 is 11.3 Å². The van der Waals surface area contributed by atoms with Crippen LogP contribution in [0.15, 0.2) is 16.5 Å². The molecule has 0 bridgehead atoms. The van der Waals surface area contributed by atoms with E-state index in [0.29, 0.717) is 11.4 Å². The Morgan fingerprint density at radius 1 is 1.53 bits per heavy atom. The summed E-state index contributed by atoms with van der Waals surface area (Å²) >= 11 is 0.819. The lowest BCUT2D eigenvalue weighted by Crippen LogP contribution is -1.93. The highest BCUT2D eigenvalue weighted by atomic mass is 32.2. The third kappa shape index (κ3) is 2.74. The number of aryl methyl sites for hydroxylation is 1. The molecule has 0 aliphatic heterocycles. The number of anilines is 2. The summed E-state index contributed by atoms with van der Waals surface area (Å²) in [5.74, 6) is 0. The summed E-state index contributed by atoms with van der Waals surface area (Å²) in [5, 5.41) is 20.4. The van der Waals surface area contributed by atoms with Crippen LogP contribution in [0.1, 0.15) is 5.69 Å². The second kappa shape index (κ2) is 4.63. The van der Waals surface area contributed by atoms with Crippen molar-refractivity contribution < 1.29 is 13.3 Å². The topological polar surface area (TPSA) is 118 Å². The van der Waals surface area contributed by atoms with Crippen molar-refractivity contribution in [1.29, 1.82) is 0 Å². The number of aromatic amines is 1. The van der Waals surface area contributed by atoms with Gasteiger partial charge >= 0.3 is 5.69 Å². The van der Waals surface area contributed by atoms with Gasteiger partial charge in [-0.05, 0) is 6.92 Å². The molecule has 0 saturated heterocycles. The van der Waals surface area contributed by atoms with Crippen LogP contribution < -0.4 is 5.32 Å². The van der Waals surface area contributed by atoms with E-state index in [2.05, 4.69) is 15.5 Å². The number of hydrogen-bond acceptors (Lipinski definition) is 7. The maximum atomic E-state index is 11.4. The average molecular weight is 302 g/mol. The van der Waals surface area contributed by atoms with Gasteiger partial charge in [0.25, 0.3) is 0 Å². The van der Waals surface area contributed by atoms with Crippen LogP contribution in [0.2, 0.25) is 0 Å². The van der Waals surface area contributed by atoms with Gasteiger partial charge in [0.2, 0.25) is 0 Å². The number of nitrogens with zero attached hydrogens (tertiary/aromatic N) is 2. The van der Waals surface area contributed by atoms with Crippen LogP contribution in [-0.4, -0.2) is 29.8 Å². The van der Waals surface area contributed by atoms with Gasteiger partial charge in [-0.3, -0.25) is 15.2 Å². The monoisotopic (exact) mass is 302 g/mol. The van der Waals surface area contributed by atoms with E-state index in [-0.39, 0.29) is 14.9 Å². The van der Waals surface area contributed by atoms with Gasteiger partial charge in [0.15, 0.2) is 14.8 Å². The Kier molecular flexibility index (Phi) is 3.28. The molecule has 2 aromatic heterocycles. The normalized spacial score (nSPS) is 11.5. The number of H-pyrrole nitrogens is 1. The summed E-state index contributed by atoms with van der Waals surface area (Å²) in [6, 6.07) is 1.05. The first-order valence-corrected chi connectivity index (χ1v) is 7.75. The molecule has 0 spiro atoms. The first kappa shape index (κ1) is 13.5. The molecule has 0 fully saturated rings. The molecular formula is C9H10N4O4S2. The molecule has 10 heteroatoms. The molecule has 8 nitrogen and oxygen atoms in total. The molecular weight excluding hydrogens is 292 g/mol. The minimum absolute atomic E-state index is 0.0529. The van der Waals surface area contributed by atoms with Crippen LogP contribution in [0, 0.1) is 17.0 Å². The number of sulfone groups is 1. The van der Waals surface area contributed by atoms with Crippen LogP contribution in [-0.2, 0) is 9.84 Å². The second-order valence-electron chi connectivity index (χ2n) is 3.84. The number of rotatable bonds is 4. The third-order valence-corrected chi connectivity index (χ3v) is 5.17. The molecule has 0 aliphatic rings. The Balaban J connectivity index is 2.47. The summed E-state index contributed by atoms with van der Waals surface area (Å²) in [5.41, 5.74) is 0.986. The number of thiophene rings is 1. The van der Waals surface area contributed by atoms with Gasteiger partial charge in [0.05, 0.1) is 22.5 Å². The Bertz CT molecular complexity index is 731. The first-order valence-electron chi connectivity index (χ1n) is 5.04. The van der Waals surface area contributed by atoms with Gasteiger partial charge in [0, 0.05) is 12.3 Å². The van der Waals surface area contributed by atoms with E-state index < -0.39 is 14.8 Å². The number of hydrogen-bond donors (Lipinski definition) is 2. The molecule has 2 heterocycles. The molecule has 2 N–H and O–H groups in total. The largest absolute Gasteiger partial charge is 0.339 e. The second-order valence-corrected chi connectivity index (χ2v) is 7.14. The van der Waals surface area contributed by atoms with Crippen molar-refractivity contribution in [2.24, 2.45) is 0 Å². The fraction of sp³-hybridized carbons (Fsp3) is 0.222. The summed E-state index contributed by atoms with van der Waals surface area (Å²) in [6.07, 6.45) is 2.48. The van der Waals surface area contributed by atoms with Crippen molar-refractivity contribution in [3.63, 3.8) is 0 Å². The Hall–Kier alpha value is -1.94. The molecule has 19 heavy (non-hydrogen) atoms. The predicted octanol–water partition coefficient (Wildman–Crippen LogP) is 1.83. The van der Waals surface area contributed by atoms with Gasteiger partial charge in [-0.2, -0.15) is 5.10 Å². The fourth-order valence-electron chi connectivity index (χ4n) is 1.37. The number of aromatic nitrogens is 2. The highest BCUT2D eigenvalue weighted by Crippen LogP contribution is 2.39. The molecule has 0 unspecified atom stereocenters. The molecule has 0 aliphatic carbocycles. The number of nitro groups is 1. The van der Waals surface area contributed by atoms with Crippen molar-refractivity contribution in [2.45, 2.75) is 11.1 Å². The highest BCUT2D eigenvalue weighted by molar-refractivity contribution is 7.92. The Morgan fingerprint density at radius 3 is 2.68 bits per heavy atom. The van der Waals surface area contributed by atoms with Crippen molar-refractivity contribution >= 4 is 37.5 Å². The quantitative estimate of drug-likeness (QED) is 0.657. The molecule has 0 aromatic carbocycles.